The summed E-state index contributed by atoms with van der Waals surface area (Å²) in [7, 11) is 4.05. The van der Waals surface area contributed by atoms with E-state index in [9.17, 15) is 4.79 Å². The molecule has 0 bridgehead atoms. The molecular weight excluding hydrogens is 312 g/mol. The van der Waals surface area contributed by atoms with E-state index in [1.54, 1.807) is 0 Å². The Balaban J connectivity index is 1.66. The second kappa shape index (κ2) is 7.60. The van der Waals surface area contributed by atoms with E-state index >= 15 is 0 Å². The standard InChI is InChI=1S/C21H26N2O2/c1-15-13-17(23(2)3)12-11-16(15)14-22-21(24)19-9-4-5-10-20(19)25-18-7-6-8-18/h4-5,9-13,18H,6-8,14H2,1-3H3,(H,22,24). The number of carbonyl (C=O) groups is 1. The third kappa shape index (κ3) is 4.13. The number of carbonyl (C=O) groups excluding carboxylic acids is 1. The summed E-state index contributed by atoms with van der Waals surface area (Å²) < 4.78 is 5.95. The van der Waals surface area contributed by atoms with Crippen LogP contribution < -0.4 is 15.0 Å². The van der Waals surface area contributed by atoms with Crippen LogP contribution in [0.5, 0.6) is 5.75 Å². The molecule has 132 valence electrons. The molecule has 1 fully saturated rings. The summed E-state index contributed by atoms with van der Waals surface area (Å²) in [4.78, 5) is 14.7. The normalized spacial score (nSPS) is 13.9. The third-order valence-corrected chi connectivity index (χ3v) is 4.76. The molecular formula is C21H26N2O2. The Kier molecular flexibility index (Phi) is 5.27. The number of hydrogen-bond acceptors (Lipinski definition) is 3. The predicted octanol–water partition coefficient (Wildman–Crippen LogP) is 3.92. The first-order valence-electron chi connectivity index (χ1n) is 8.85. The lowest BCUT2D eigenvalue weighted by Gasteiger charge is -2.27. The van der Waals surface area contributed by atoms with Crippen LogP contribution in [0.15, 0.2) is 42.5 Å². The van der Waals surface area contributed by atoms with Gasteiger partial charge in [0, 0.05) is 26.3 Å². The van der Waals surface area contributed by atoms with Crippen molar-refractivity contribution in [3.05, 3.63) is 59.2 Å². The minimum absolute atomic E-state index is 0.0917. The van der Waals surface area contributed by atoms with Crippen molar-refractivity contribution in [2.75, 3.05) is 19.0 Å². The van der Waals surface area contributed by atoms with Crippen LogP contribution in [-0.2, 0) is 6.54 Å². The van der Waals surface area contributed by atoms with Crippen molar-refractivity contribution in [2.24, 2.45) is 0 Å². The van der Waals surface area contributed by atoms with Crippen molar-refractivity contribution < 1.29 is 9.53 Å². The molecule has 25 heavy (non-hydrogen) atoms. The Labute approximate surface area is 149 Å². The average molecular weight is 338 g/mol. The topological polar surface area (TPSA) is 41.6 Å². The highest BCUT2D eigenvalue weighted by molar-refractivity contribution is 5.96. The first-order valence-corrected chi connectivity index (χ1v) is 8.85. The third-order valence-electron chi connectivity index (χ3n) is 4.76. The molecule has 0 aromatic heterocycles. The molecule has 0 atom stereocenters. The minimum Gasteiger partial charge on any atom is -0.490 e. The number of rotatable bonds is 6. The highest BCUT2D eigenvalue weighted by atomic mass is 16.5. The molecule has 0 spiro atoms. The molecule has 3 rings (SSSR count). The molecule has 0 saturated heterocycles. The largest absolute Gasteiger partial charge is 0.490 e. The molecule has 1 amide bonds. The Hall–Kier alpha value is -2.49. The number of anilines is 1. The summed E-state index contributed by atoms with van der Waals surface area (Å²) in [5.74, 6) is 0.593. The maximum atomic E-state index is 12.6. The van der Waals surface area contributed by atoms with Gasteiger partial charge in [-0.05, 0) is 61.6 Å². The molecule has 0 heterocycles. The number of hydrogen-bond donors (Lipinski definition) is 1. The van der Waals surface area contributed by atoms with Crippen molar-refractivity contribution in [3.8, 4) is 5.75 Å². The van der Waals surface area contributed by atoms with Gasteiger partial charge in [-0.2, -0.15) is 0 Å². The molecule has 1 N–H and O–H groups in total. The summed E-state index contributed by atoms with van der Waals surface area (Å²) in [6.45, 7) is 2.58. The van der Waals surface area contributed by atoms with Gasteiger partial charge in [0.15, 0.2) is 0 Å². The molecule has 0 unspecified atom stereocenters. The quantitative estimate of drug-likeness (QED) is 0.868. The molecule has 2 aromatic carbocycles. The van der Waals surface area contributed by atoms with Crippen LogP contribution in [0.4, 0.5) is 5.69 Å². The van der Waals surface area contributed by atoms with E-state index in [0.717, 1.165) is 24.1 Å². The van der Waals surface area contributed by atoms with Gasteiger partial charge in [-0.1, -0.05) is 18.2 Å². The lowest BCUT2D eigenvalue weighted by Crippen LogP contribution is -2.28. The SMILES string of the molecule is Cc1cc(N(C)C)ccc1CNC(=O)c1ccccc1OC1CCC1. The van der Waals surface area contributed by atoms with E-state index in [1.807, 2.05) is 38.4 Å². The van der Waals surface area contributed by atoms with E-state index in [4.69, 9.17) is 4.74 Å². The van der Waals surface area contributed by atoms with Gasteiger partial charge in [0.1, 0.15) is 5.75 Å². The van der Waals surface area contributed by atoms with E-state index in [2.05, 4.69) is 35.3 Å². The van der Waals surface area contributed by atoms with Crippen LogP contribution in [0.2, 0.25) is 0 Å². The average Bonchev–Trinajstić information content (AvgIpc) is 2.57. The lowest BCUT2D eigenvalue weighted by atomic mass is 9.96. The van der Waals surface area contributed by atoms with E-state index in [0.29, 0.717) is 17.9 Å². The van der Waals surface area contributed by atoms with Gasteiger partial charge in [0.05, 0.1) is 11.7 Å². The zero-order valence-corrected chi connectivity index (χ0v) is 15.2. The van der Waals surface area contributed by atoms with E-state index < -0.39 is 0 Å². The molecule has 4 nitrogen and oxygen atoms in total. The van der Waals surface area contributed by atoms with Crippen molar-refractivity contribution in [2.45, 2.75) is 38.8 Å². The second-order valence-electron chi connectivity index (χ2n) is 6.85. The predicted molar refractivity (Wildman–Crippen MR) is 101 cm³/mol. The fraction of sp³-hybridized carbons (Fsp3) is 0.381. The fourth-order valence-corrected chi connectivity index (χ4v) is 2.85. The van der Waals surface area contributed by atoms with Crippen molar-refractivity contribution >= 4 is 11.6 Å². The number of amides is 1. The van der Waals surface area contributed by atoms with Crippen LogP contribution in [0, 0.1) is 6.92 Å². The van der Waals surface area contributed by atoms with Crippen molar-refractivity contribution in [3.63, 3.8) is 0 Å². The van der Waals surface area contributed by atoms with Crippen LogP contribution in [0.1, 0.15) is 40.7 Å². The summed E-state index contributed by atoms with van der Waals surface area (Å²) in [5, 5.41) is 3.02. The number of benzene rings is 2. The van der Waals surface area contributed by atoms with Gasteiger partial charge < -0.3 is 15.0 Å². The van der Waals surface area contributed by atoms with Crippen LogP contribution >= 0.6 is 0 Å². The Morgan fingerprint density at radius 2 is 1.96 bits per heavy atom. The summed E-state index contributed by atoms with van der Waals surface area (Å²) >= 11 is 0. The molecule has 1 saturated carbocycles. The number of nitrogens with one attached hydrogen (secondary N) is 1. The molecule has 2 aromatic rings. The number of nitrogens with zero attached hydrogens (tertiary/aromatic N) is 1. The first kappa shape index (κ1) is 17.3. The smallest absolute Gasteiger partial charge is 0.255 e. The maximum absolute atomic E-state index is 12.6. The maximum Gasteiger partial charge on any atom is 0.255 e. The Morgan fingerprint density at radius 1 is 1.20 bits per heavy atom. The zero-order chi connectivity index (χ0) is 17.8. The van der Waals surface area contributed by atoms with Crippen LogP contribution in [0.3, 0.4) is 0 Å². The number of para-hydroxylation sites is 1. The molecule has 0 radical (unpaired) electrons. The van der Waals surface area contributed by atoms with Crippen LogP contribution in [0.25, 0.3) is 0 Å². The van der Waals surface area contributed by atoms with Gasteiger partial charge in [-0.15, -0.1) is 0 Å². The molecule has 4 heteroatoms. The van der Waals surface area contributed by atoms with Crippen molar-refractivity contribution in [1.82, 2.24) is 5.32 Å². The van der Waals surface area contributed by atoms with Gasteiger partial charge >= 0.3 is 0 Å². The zero-order valence-electron chi connectivity index (χ0n) is 15.2. The van der Waals surface area contributed by atoms with Gasteiger partial charge in [-0.25, -0.2) is 0 Å². The molecule has 1 aliphatic carbocycles. The highest BCUT2D eigenvalue weighted by Gasteiger charge is 2.21. The van der Waals surface area contributed by atoms with Gasteiger partial charge in [0.2, 0.25) is 0 Å². The molecule has 0 aliphatic heterocycles. The molecule has 1 aliphatic rings. The fourth-order valence-electron chi connectivity index (χ4n) is 2.85. The monoisotopic (exact) mass is 338 g/mol. The van der Waals surface area contributed by atoms with E-state index in [1.165, 1.54) is 12.0 Å². The van der Waals surface area contributed by atoms with Crippen LogP contribution in [-0.4, -0.2) is 26.1 Å². The Morgan fingerprint density at radius 3 is 2.60 bits per heavy atom. The minimum atomic E-state index is -0.0917. The number of ether oxygens (including phenoxy) is 1. The lowest BCUT2D eigenvalue weighted by molar-refractivity contribution is 0.0925. The summed E-state index contributed by atoms with van der Waals surface area (Å²) in [6, 6.07) is 13.8. The first-order chi connectivity index (χ1) is 12.0. The summed E-state index contributed by atoms with van der Waals surface area (Å²) in [5.41, 5.74) is 4.06. The number of aryl methyl sites for hydroxylation is 1. The highest BCUT2D eigenvalue weighted by Crippen LogP contribution is 2.27. The van der Waals surface area contributed by atoms with E-state index in [-0.39, 0.29) is 12.0 Å². The van der Waals surface area contributed by atoms with Gasteiger partial charge in [0.25, 0.3) is 5.91 Å². The summed E-state index contributed by atoms with van der Waals surface area (Å²) in [6.07, 6.45) is 3.62. The van der Waals surface area contributed by atoms with Crippen molar-refractivity contribution in [1.29, 1.82) is 0 Å². The second-order valence-corrected chi connectivity index (χ2v) is 6.85. The van der Waals surface area contributed by atoms with Gasteiger partial charge in [-0.3, -0.25) is 4.79 Å². The Bertz CT molecular complexity index is 751.